The van der Waals surface area contributed by atoms with Gasteiger partial charge in [-0.05, 0) is 31.5 Å². The molecule has 0 aliphatic rings. The summed E-state index contributed by atoms with van der Waals surface area (Å²) in [6, 6.07) is 2.12. The molecule has 0 aromatic rings. The maximum absolute atomic E-state index is 10.3. The first-order valence-electron chi connectivity index (χ1n) is 14.7. The molecular weight excluding hydrogens is 410 g/mol. The maximum Gasteiger partial charge on any atom is 0.332 e. The Bertz CT molecular complexity index is 365. The molecule has 0 radical (unpaired) electrons. The van der Waals surface area contributed by atoms with Crippen LogP contribution in [0.25, 0.3) is 0 Å². The minimum atomic E-state index is -2.90. The zero-order chi connectivity index (χ0) is 23.8. The fourth-order valence-electron chi connectivity index (χ4n) is 4.79. The predicted octanol–water partition coefficient (Wildman–Crippen LogP) is 8.62. The summed E-state index contributed by atoms with van der Waals surface area (Å²) in [6.07, 6.45) is 27.2. The molecule has 0 aromatic carbocycles. The minimum absolute atomic E-state index is 0.689. The van der Waals surface area contributed by atoms with Gasteiger partial charge >= 0.3 is 8.56 Å². The van der Waals surface area contributed by atoms with E-state index in [9.17, 15) is 9.59 Å². The van der Waals surface area contributed by atoms with Crippen LogP contribution < -0.4 is 5.32 Å². The van der Waals surface area contributed by atoms with Crippen LogP contribution in [-0.2, 0) is 0 Å². The van der Waals surface area contributed by atoms with Gasteiger partial charge in [0.05, 0.1) is 0 Å². The van der Waals surface area contributed by atoms with E-state index in [-0.39, 0.29) is 0 Å². The molecule has 194 valence electrons. The zero-order valence-electron chi connectivity index (χ0n) is 22.4. The summed E-state index contributed by atoms with van der Waals surface area (Å²) >= 11 is 0. The summed E-state index contributed by atoms with van der Waals surface area (Å²) in [7, 11) is -2.90. The van der Waals surface area contributed by atoms with Crippen molar-refractivity contribution in [2.24, 2.45) is 0 Å². The second-order valence-corrected chi connectivity index (χ2v) is 13.3. The third-order valence-corrected chi connectivity index (χ3v) is 9.27. The lowest BCUT2D eigenvalue weighted by Crippen LogP contribution is -2.33. The highest BCUT2D eigenvalue weighted by molar-refractivity contribution is 6.64. The first kappa shape index (κ1) is 32.1. The summed E-state index contributed by atoms with van der Waals surface area (Å²) in [5.41, 5.74) is 0. The van der Waals surface area contributed by atoms with E-state index < -0.39 is 8.56 Å². The molecule has 32 heavy (non-hydrogen) atoms. The van der Waals surface area contributed by atoms with Gasteiger partial charge in [-0.15, -0.1) is 0 Å². The monoisotopic (exact) mass is 471 g/mol. The highest BCUT2D eigenvalue weighted by Crippen LogP contribution is 2.20. The SMILES string of the molecule is CCCCCCCCCC[Si](O)(O)CCCCCCCCCCCC(CCCC)NCC. The second kappa shape index (κ2) is 24.2. The van der Waals surface area contributed by atoms with Crippen LogP contribution in [0.2, 0.25) is 12.1 Å². The molecule has 0 aliphatic carbocycles. The Balaban J connectivity index is 3.43. The highest BCUT2D eigenvalue weighted by atomic mass is 28.4. The lowest BCUT2D eigenvalue weighted by molar-refractivity contribution is 0.350. The molecular formula is C28H61NO2Si. The second-order valence-electron chi connectivity index (χ2n) is 10.3. The van der Waals surface area contributed by atoms with Crippen molar-refractivity contribution in [2.45, 2.75) is 174 Å². The molecule has 0 amide bonds. The average Bonchev–Trinajstić information content (AvgIpc) is 2.77. The van der Waals surface area contributed by atoms with Crippen LogP contribution in [0.5, 0.6) is 0 Å². The molecule has 3 N–H and O–H groups in total. The van der Waals surface area contributed by atoms with Gasteiger partial charge in [0.15, 0.2) is 0 Å². The van der Waals surface area contributed by atoms with Gasteiger partial charge in [0.2, 0.25) is 0 Å². The van der Waals surface area contributed by atoms with E-state index >= 15 is 0 Å². The maximum atomic E-state index is 10.3. The first-order valence-corrected chi connectivity index (χ1v) is 17.0. The van der Waals surface area contributed by atoms with Crippen molar-refractivity contribution in [3.8, 4) is 0 Å². The normalized spacial score (nSPS) is 13.0. The quantitative estimate of drug-likeness (QED) is 0.0873. The van der Waals surface area contributed by atoms with Crippen molar-refractivity contribution in [1.29, 1.82) is 0 Å². The highest BCUT2D eigenvalue weighted by Gasteiger charge is 2.27. The molecule has 0 rings (SSSR count). The topological polar surface area (TPSA) is 52.5 Å². The number of rotatable bonds is 26. The summed E-state index contributed by atoms with van der Waals surface area (Å²) in [4.78, 5) is 20.6. The molecule has 0 saturated heterocycles. The lowest BCUT2D eigenvalue weighted by Gasteiger charge is -2.17. The van der Waals surface area contributed by atoms with E-state index in [1.165, 1.54) is 122 Å². The van der Waals surface area contributed by atoms with Crippen molar-refractivity contribution < 1.29 is 9.59 Å². The molecule has 4 heteroatoms. The van der Waals surface area contributed by atoms with Gasteiger partial charge in [0.1, 0.15) is 0 Å². The third-order valence-electron chi connectivity index (χ3n) is 6.96. The Morgan fingerprint density at radius 3 is 1.31 bits per heavy atom. The Hall–Kier alpha value is 0.0969. The van der Waals surface area contributed by atoms with Crippen LogP contribution in [0.3, 0.4) is 0 Å². The van der Waals surface area contributed by atoms with Gasteiger partial charge in [0.25, 0.3) is 0 Å². The van der Waals surface area contributed by atoms with Crippen molar-refractivity contribution in [3.05, 3.63) is 0 Å². The van der Waals surface area contributed by atoms with Crippen LogP contribution in [-0.4, -0.2) is 30.7 Å². The number of unbranched alkanes of at least 4 members (excludes halogenated alkanes) is 16. The molecule has 0 bridgehead atoms. The number of hydrogen-bond donors (Lipinski definition) is 3. The van der Waals surface area contributed by atoms with E-state index in [4.69, 9.17) is 0 Å². The molecule has 0 fully saturated rings. The first-order chi connectivity index (χ1) is 15.6. The smallest absolute Gasteiger partial charge is 0.332 e. The summed E-state index contributed by atoms with van der Waals surface area (Å²) in [6.45, 7) is 7.86. The molecule has 1 unspecified atom stereocenters. The molecule has 3 nitrogen and oxygen atoms in total. The summed E-state index contributed by atoms with van der Waals surface area (Å²) < 4.78 is 0. The lowest BCUT2D eigenvalue weighted by atomic mass is 10.0. The van der Waals surface area contributed by atoms with Crippen LogP contribution in [0.4, 0.5) is 0 Å². The minimum Gasteiger partial charge on any atom is -0.411 e. The van der Waals surface area contributed by atoms with Crippen LogP contribution in [0.1, 0.15) is 156 Å². The zero-order valence-corrected chi connectivity index (χ0v) is 23.4. The van der Waals surface area contributed by atoms with Gasteiger partial charge in [-0.3, -0.25) is 0 Å². The largest absolute Gasteiger partial charge is 0.411 e. The Morgan fingerprint density at radius 2 is 0.875 bits per heavy atom. The summed E-state index contributed by atoms with van der Waals surface area (Å²) in [5.74, 6) is 0. The van der Waals surface area contributed by atoms with E-state index in [0.29, 0.717) is 12.1 Å². The third kappa shape index (κ3) is 23.3. The fraction of sp³-hybridized carbons (Fsp3) is 1.00. The van der Waals surface area contributed by atoms with E-state index in [1.807, 2.05) is 0 Å². The Labute approximate surface area is 203 Å². The van der Waals surface area contributed by atoms with Gasteiger partial charge in [-0.1, -0.05) is 143 Å². The van der Waals surface area contributed by atoms with Crippen LogP contribution >= 0.6 is 0 Å². The van der Waals surface area contributed by atoms with Gasteiger partial charge < -0.3 is 14.9 Å². The van der Waals surface area contributed by atoms with Crippen LogP contribution in [0.15, 0.2) is 0 Å². The number of nitrogens with one attached hydrogen (secondary N) is 1. The van der Waals surface area contributed by atoms with Gasteiger partial charge in [-0.2, -0.15) is 0 Å². The molecule has 0 aliphatic heterocycles. The standard InChI is InChI=1S/C28H61NO2Si/c1-4-7-9-10-11-16-19-22-26-32(30,31)27-23-20-17-14-12-13-15-18-21-25-28(29-6-3)24-8-5-2/h28-31H,4-27H2,1-3H3. The molecule has 0 spiro atoms. The van der Waals surface area contributed by atoms with Gasteiger partial charge in [-0.25, -0.2) is 0 Å². The molecule has 1 atom stereocenters. The van der Waals surface area contributed by atoms with E-state index in [0.717, 1.165) is 25.4 Å². The fourth-order valence-corrected chi connectivity index (χ4v) is 6.67. The Morgan fingerprint density at radius 1 is 0.500 bits per heavy atom. The molecule has 0 saturated carbocycles. The predicted molar refractivity (Wildman–Crippen MR) is 146 cm³/mol. The van der Waals surface area contributed by atoms with Crippen molar-refractivity contribution in [1.82, 2.24) is 5.32 Å². The van der Waals surface area contributed by atoms with Gasteiger partial charge in [0, 0.05) is 6.04 Å². The van der Waals surface area contributed by atoms with Crippen molar-refractivity contribution >= 4 is 8.56 Å². The average molecular weight is 472 g/mol. The molecule has 0 aromatic heterocycles. The number of hydrogen-bond acceptors (Lipinski definition) is 3. The van der Waals surface area contributed by atoms with E-state index in [1.54, 1.807) is 0 Å². The van der Waals surface area contributed by atoms with Crippen molar-refractivity contribution in [3.63, 3.8) is 0 Å². The Kier molecular flexibility index (Phi) is 24.3. The molecule has 0 heterocycles. The van der Waals surface area contributed by atoms with E-state index in [2.05, 4.69) is 26.1 Å². The van der Waals surface area contributed by atoms with Crippen molar-refractivity contribution in [2.75, 3.05) is 6.54 Å². The van der Waals surface area contributed by atoms with Crippen LogP contribution in [0, 0.1) is 0 Å². The summed E-state index contributed by atoms with van der Waals surface area (Å²) in [5, 5.41) is 3.65.